The molecule has 0 aliphatic carbocycles. The van der Waals surface area contributed by atoms with Gasteiger partial charge in [-0.1, -0.05) is 67.8 Å². The second kappa shape index (κ2) is 12.2. The van der Waals surface area contributed by atoms with Gasteiger partial charge in [0.25, 0.3) is 5.91 Å². The summed E-state index contributed by atoms with van der Waals surface area (Å²) in [5.74, 6) is 0.210. The summed E-state index contributed by atoms with van der Waals surface area (Å²) < 4.78 is 5.69. The van der Waals surface area contributed by atoms with Crippen molar-refractivity contribution in [2.24, 2.45) is 0 Å². The fraction of sp³-hybridized carbons (Fsp3) is 0.417. The molecule has 0 unspecified atom stereocenters. The first-order valence-electron chi connectivity index (χ1n) is 10.5. The third-order valence-corrected chi connectivity index (χ3v) is 5.27. The van der Waals surface area contributed by atoms with E-state index in [1.54, 1.807) is 11.0 Å². The number of hydrogen-bond acceptors (Lipinski definition) is 3. The summed E-state index contributed by atoms with van der Waals surface area (Å²) >= 11 is 6.32. The highest BCUT2D eigenvalue weighted by Crippen LogP contribution is 2.20. The van der Waals surface area contributed by atoms with Gasteiger partial charge in [0.2, 0.25) is 5.91 Å². The van der Waals surface area contributed by atoms with Gasteiger partial charge in [-0.2, -0.15) is 0 Å². The van der Waals surface area contributed by atoms with E-state index >= 15 is 0 Å². The van der Waals surface area contributed by atoms with Crippen molar-refractivity contribution in [2.45, 2.75) is 52.6 Å². The van der Waals surface area contributed by atoms with Crippen LogP contribution in [0.3, 0.4) is 0 Å². The number of carbonyl (C=O) groups excluding carboxylic acids is 2. The quantitative estimate of drug-likeness (QED) is 0.523. The summed E-state index contributed by atoms with van der Waals surface area (Å²) in [6, 6.07) is 14.3. The summed E-state index contributed by atoms with van der Waals surface area (Å²) in [5.41, 5.74) is 1.91. The number of ether oxygens (including phenoxy) is 1. The lowest BCUT2D eigenvalue weighted by atomic mass is 10.1. The molecule has 0 bridgehead atoms. The number of unbranched alkanes of at least 4 members (excludes halogenated alkanes) is 1. The number of benzene rings is 2. The Morgan fingerprint density at radius 2 is 1.80 bits per heavy atom. The number of rotatable bonds is 11. The average Bonchev–Trinajstić information content (AvgIpc) is 2.74. The molecule has 2 aromatic rings. The first kappa shape index (κ1) is 23.7. The molecule has 5 nitrogen and oxygen atoms in total. The van der Waals surface area contributed by atoms with Gasteiger partial charge in [-0.15, -0.1) is 0 Å². The number of nitrogens with one attached hydrogen (secondary N) is 1. The maximum atomic E-state index is 13.1. The van der Waals surface area contributed by atoms with E-state index in [1.165, 1.54) is 0 Å². The monoisotopic (exact) mass is 430 g/mol. The molecule has 6 heteroatoms. The average molecular weight is 431 g/mol. The number of amides is 2. The largest absolute Gasteiger partial charge is 0.484 e. The molecule has 0 radical (unpaired) electrons. The molecule has 0 aliphatic rings. The van der Waals surface area contributed by atoms with Crippen LogP contribution in [-0.2, 0) is 16.1 Å². The third kappa shape index (κ3) is 7.06. The Hall–Kier alpha value is -2.53. The summed E-state index contributed by atoms with van der Waals surface area (Å²) in [5, 5.41) is 3.51. The lowest BCUT2D eigenvalue weighted by Crippen LogP contribution is -2.50. The first-order chi connectivity index (χ1) is 14.5. The van der Waals surface area contributed by atoms with E-state index in [1.807, 2.05) is 56.3 Å². The maximum absolute atomic E-state index is 13.1. The molecule has 0 spiro atoms. The van der Waals surface area contributed by atoms with E-state index in [9.17, 15) is 9.59 Å². The molecule has 1 atom stereocenters. The molecule has 162 valence electrons. The molecule has 2 rings (SSSR count). The fourth-order valence-electron chi connectivity index (χ4n) is 3.10. The Balaban J connectivity index is 2.17. The van der Waals surface area contributed by atoms with Gasteiger partial charge in [0.1, 0.15) is 11.8 Å². The molecule has 0 heterocycles. The Morgan fingerprint density at radius 3 is 2.43 bits per heavy atom. The van der Waals surface area contributed by atoms with Crippen LogP contribution in [0.5, 0.6) is 5.75 Å². The van der Waals surface area contributed by atoms with Gasteiger partial charge in [0, 0.05) is 18.1 Å². The minimum atomic E-state index is -0.591. The summed E-state index contributed by atoms with van der Waals surface area (Å²) in [7, 11) is 0. The van der Waals surface area contributed by atoms with Gasteiger partial charge in [-0.25, -0.2) is 0 Å². The van der Waals surface area contributed by atoms with Gasteiger partial charge in [-0.3, -0.25) is 9.59 Å². The zero-order valence-electron chi connectivity index (χ0n) is 18.0. The predicted molar refractivity (Wildman–Crippen MR) is 121 cm³/mol. The molecular formula is C24H31ClN2O3. The number of hydrogen-bond donors (Lipinski definition) is 1. The van der Waals surface area contributed by atoms with Crippen molar-refractivity contribution in [3.8, 4) is 5.75 Å². The molecule has 0 saturated carbocycles. The molecule has 0 fully saturated rings. The van der Waals surface area contributed by atoms with Gasteiger partial charge < -0.3 is 15.0 Å². The molecule has 0 aliphatic heterocycles. The van der Waals surface area contributed by atoms with E-state index in [0.717, 1.165) is 24.0 Å². The van der Waals surface area contributed by atoms with Crippen LogP contribution in [0.15, 0.2) is 48.5 Å². The van der Waals surface area contributed by atoms with Crippen LogP contribution in [0.25, 0.3) is 0 Å². The van der Waals surface area contributed by atoms with Gasteiger partial charge in [0.05, 0.1) is 0 Å². The van der Waals surface area contributed by atoms with E-state index in [-0.39, 0.29) is 25.0 Å². The van der Waals surface area contributed by atoms with Gasteiger partial charge in [-0.05, 0) is 43.5 Å². The van der Waals surface area contributed by atoms with Crippen LogP contribution in [-0.4, -0.2) is 35.9 Å². The minimum Gasteiger partial charge on any atom is -0.484 e. The third-order valence-electron chi connectivity index (χ3n) is 4.90. The number of aryl methyl sites for hydroxylation is 1. The molecule has 0 saturated heterocycles. The van der Waals surface area contributed by atoms with E-state index < -0.39 is 6.04 Å². The highest BCUT2D eigenvalue weighted by molar-refractivity contribution is 6.31. The highest BCUT2D eigenvalue weighted by Gasteiger charge is 2.29. The van der Waals surface area contributed by atoms with Gasteiger partial charge >= 0.3 is 0 Å². The zero-order valence-corrected chi connectivity index (χ0v) is 18.7. The predicted octanol–water partition coefficient (Wildman–Crippen LogP) is 4.75. The van der Waals surface area contributed by atoms with Crippen LogP contribution in [0.1, 0.15) is 44.2 Å². The Morgan fingerprint density at radius 1 is 1.10 bits per heavy atom. The molecular weight excluding hydrogens is 400 g/mol. The van der Waals surface area contributed by atoms with E-state index in [4.69, 9.17) is 16.3 Å². The first-order valence-corrected chi connectivity index (χ1v) is 10.8. The fourth-order valence-corrected chi connectivity index (χ4v) is 3.29. The lowest BCUT2D eigenvalue weighted by molar-refractivity contribution is -0.143. The number of halogens is 1. The van der Waals surface area contributed by atoms with Crippen molar-refractivity contribution in [2.75, 3.05) is 13.2 Å². The molecule has 1 N–H and O–H groups in total. The Labute approximate surface area is 184 Å². The molecule has 2 amide bonds. The maximum Gasteiger partial charge on any atom is 0.261 e. The van der Waals surface area contributed by atoms with Crippen LogP contribution in [0, 0.1) is 6.92 Å². The van der Waals surface area contributed by atoms with Crippen LogP contribution < -0.4 is 10.1 Å². The smallest absolute Gasteiger partial charge is 0.261 e. The van der Waals surface area contributed by atoms with Gasteiger partial charge in [0.15, 0.2) is 6.61 Å². The molecule has 0 aromatic heterocycles. The molecule has 30 heavy (non-hydrogen) atoms. The van der Waals surface area contributed by atoms with Crippen molar-refractivity contribution >= 4 is 23.4 Å². The summed E-state index contributed by atoms with van der Waals surface area (Å²) in [4.78, 5) is 27.5. The van der Waals surface area contributed by atoms with Crippen molar-refractivity contribution < 1.29 is 14.3 Å². The van der Waals surface area contributed by atoms with Crippen molar-refractivity contribution in [3.63, 3.8) is 0 Å². The van der Waals surface area contributed by atoms with E-state index in [2.05, 4.69) is 12.2 Å². The SMILES string of the molecule is CCCCNC(=O)[C@H](CC)N(Cc1ccccc1Cl)C(=O)COc1ccc(C)cc1. The number of nitrogens with zero attached hydrogens (tertiary/aromatic N) is 1. The van der Waals surface area contributed by atoms with Crippen LogP contribution >= 0.6 is 11.6 Å². The normalized spacial score (nSPS) is 11.6. The van der Waals surface area contributed by atoms with Crippen LogP contribution in [0.2, 0.25) is 5.02 Å². The Kier molecular flexibility index (Phi) is 9.68. The second-order valence-corrected chi connectivity index (χ2v) is 7.69. The van der Waals surface area contributed by atoms with Crippen LogP contribution in [0.4, 0.5) is 0 Å². The Bertz CT molecular complexity index is 823. The number of carbonyl (C=O) groups is 2. The lowest BCUT2D eigenvalue weighted by Gasteiger charge is -2.30. The minimum absolute atomic E-state index is 0.147. The summed E-state index contributed by atoms with van der Waals surface area (Å²) in [6.07, 6.45) is 2.39. The van der Waals surface area contributed by atoms with Crippen molar-refractivity contribution in [1.29, 1.82) is 0 Å². The zero-order chi connectivity index (χ0) is 21.9. The van der Waals surface area contributed by atoms with Crippen molar-refractivity contribution in [1.82, 2.24) is 10.2 Å². The highest BCUT2D eigenvalue weighted by atomic mass is 35.5. The van der Waals surface area contributed by atoms with E-state index in [0.29, 0.717) is 23.7 Å². The second-order valence-electron chi connectivity index (χ2n) is 7.28. The topological polar surface area (TPSA) is 58.6 Å². The standard InChI is InChI=1S/C24H31ClN2O3/c1-4-6-15-26-24(29)22(5-2)27(16-19-9-7-8-10-21(19)25)23(28)17-30-20-13-11-18(3)12-14-20/h7-14,22H,4-6,15-17H2,1-3H3,(H,26,29)/t22-/m0/s1. The summed E-state index contributed by atoms with van der Waals surface area (Å²) in [6.45, 7) is 6.65. The molecule has 2 aromatic carbocycles. The van der Waals surface area contributed by atoms with Crippen molar-refractivity contribution in [3.05, 3.63) is 64.7 Å².